The van der Waals surface area contributed by atoms with Gasteiger partial charge in [0.15, 0.2) is 0 Å². The van der Waals surface area contributed by atoms with Crippen molar-refractivity contribution in [2.24, 2.45) is 16.7 Å². The minimum absolute atomic E-state index is 0.114. The smallest absolute Gasteiger partial charge is 0.143 e. The van der Waals surface area contributed by atoms with Gasteiger partial charge in [0.2, 0.25) is 0 Å². The summed E-state index contributed by atoms with van der Waals surface area (Å²) in [6.07, 6.45) is 4.48. The maximum atomic E-state index is 12.3. The molecule has 15 heavy (non-hydrogen) atoms. The third kappa shape index (κ3) is 1.54. The molecule has 2 heteroatoms. The largest absolute Gasteiger partial charge is 0.300 e. The van der Waals surface area contributed by atoms with E-state index in [0.29, 0.717) is 12.2 Å². The number of Topliss-reactive ketones (excluding diaryl/α,β-unsaturated/α-hetero) is 2. The van der Waals surface area contributed by atoms with Crippen LogP contribution in [0.3, 0.4) is 0 Å². The molecule has 2 nitrogen and oxygen atoms in total. The molecule has 0 aromatic rings. The van der Waals surface area contributed by atoms with Crippen molar-refractivity contribution in [3.63, 3.8) is 0 Å². The van der Waals surface area contributed by atoms with Gasteiger partial charge in [-0.25, -0.2) is 0 Å². The average molecular weight is 208 g/mol. The van der Waals surface area contributed by atoms with Crippen LogP contribution in [0, 0.1) is 16.7 Å². The molecule has 2 aliphatic rings. The fourth-order valence-corrected chi connectivity index (χ4v) is 3.90. The van der Waals surface area contributed by atoms with Gasteiger partial charge in [0, 0.05) is 17.8 Å². The van der Waals surface area contributed by atoms with Crippen molar-refractivity contribution in [3.8, 4) is 0 Å². The second-order valence-corrected chi connectivity index (χ2v) is 6.13. The molecule has 0 radical (unpaired) electrons. The molecule has 2 bridgehead atoms. The Morgan fingerprint density at radius 2 is 2.13 bits per heavy atom. The highest BCUT2D eigenvalue weighted by molar-refractivity contribution is 5.94. The summed E-state index contributed by atoms with van der Waals surface area (Å²) in [4.78, 5) is 23.6. The predicted molar refractivity (Wildman–Crippen MR) is 58.5 cm³/mol. The summed E-state index contributed by atoms with van der Waals surface area (Å²) in [6.45, 7) is 5.97. The standard InChI is InChI=1S/C13H20O2/c1-9(14)7-13-6-4-5-10(11(13)15)12(2,3)8-13/h10H,4-8H2,1-3H3/t10-,13+/m1/s1. The minimum atomic E-state index is -0.280. The van der Waals surface area contributed by atoms with E-state index in [1.165, 1.54) is 0 Å². The molecule has 0 amide bonds. The van der Waals surface area contributed by atoms with Gasteiger partial charge in [0.05, 0.1) is 0 Å². The molecule has 0 unspecified atom stereocenters. The van der Waals surface area contributed by atoms with E-state index >= 15 is 0 Å². The molecular formula is C13H20O2. The molecule has 2 rings (SSSR count). The lowest BCUT2D eigenvalue weighted by Gasteiger charge is -2.30. The zero-order chi connectivity index (χ0) is 11.3. The van der Waals surface area contributed by atoms with E-state index in [0.717, 1.165) is 25.7 Å². The monoisotopic (exact) mass is 208 g/mol. The van der Waals surface area contributed by atoms with Crippen LogP contribution in [0.5, 0.6) is 0 Å². The Morgan fingerprint density at radius 3 is 2.73 bits per heavy atom. The van der Waals surface area contributed by atoms with Gasteiger partial charge in [0.1, 0.15) is 11.6 Å². The Hall–Kier alpha value is -0.660. The van der Waals surface area contributed by atoms with Gasteiger partial charge in [0.25, 0.3) is 0 Å². The summed E-state index contributed by atoms with van der Waals surface area (Å²) >= 11 is 0. The first kappa shape index (κ1) is 10.8. The Bertz CT molecular complexity index is 316. The van der Waals surface area contributed by atoms with Crippen molar-refractivity contribution in [3.05, 3.63) is 0 Å². The molecule has 0 saturated heterocycles. The lowest BCUT2D eigenvalue weighted by atomic mass is 9.71. The van der Waals surface area contributed by atoms with Gasteiger partial charge in [-0.1, -0.05) is 20.3 Å². The first-order valence-corrected chi connectivity index (χ1v) is 5.91. The number of fused-ring (bicyclic) bond motifs is 2. The van der Waals surface area contributed by atoms with Crippen LogP contribution >= 0.6 is 0 Å². The average Bonchev–Trinajstić information content (AvgIpc) is 2.21. The summed E-state index contributed by atoms with van der Waals surface area (Å²) in [5.41, 5.74) is -0.165. The van der Waals surface area contributed by atoms with E-state index in [-0.39, 0.29) is 22.5 Å². The summed E-state index contributed by atoms with van der Waals surface area (Å²) in [5, 5.41) is 0. The number of ketones is 2. The van der Waals surface area contributed by atoms with Crippen LogP contribution in [-0.2, 0) is 9.59 Å². The quantitative estimate of drug-likeness (QED) is 0.699. The van der Waals surface area contributed by atoms with Gasteiger partial charge < -0.3 is 0 Å². The van der Waals surface area contributed by atoms with Gasteiger partial charge >= 0.3 is 0 Å². The molecule has 2 atom stereocenters. The highest BCUT2D eigenvalue weighted by Gasteiger charge is 2.58. The first-order valence-electron chi connectivity index (χ1n) is 5.91. The predicted octanol–water partition coefficient (Wildman–Crippen LogP) is 2.75. The van der Waals surface area contributed by atoms with Crippen LogP contribution in [-0.4, -0.2) is 11.6 Å². The van der Waals surface area contributed by atoms with Crippen LogP contribution in [0.1, 0.15) is 52.9 Å². The normalized spacial score (nSPS) is 38.1. The highest BCUT2D eigenvalue weighted by atomic mass is 16.1. The SMILES string of the molecule is CC(=O)C[C@]12CCC[C@H](C1=O)C(C)(C)C2. The van der Waals surface area contributed by atoms with Crippen LogP contribution in [0.2, 0.25) is 0 Å². The Kier molecular flexibility index (Phi) is 2.29. The molecule has 0 N–H and O–H groups in total. The van der Waals surface area contributed by atoms with Crippen molar-refractivity contribution >= 4 is 11.6 Å². The van der Waals surface area contributed by atoms with E-state index in [9.17, 15) is 9.59 Å². The van der Waals surface area contributed by atoms with Gasteiger partial charge in [-0.05, 0) is 31.6 Å². The number of carbonyl (C=O) groups is 2. The van der Waals surface area contributed by atoms with E-state index in [1.807, 2.05) is 0 Å². The van der Waals surface area contributed by atoms with Crippen molar-refractivity contribution < 1.29 is 9.59 Å². The van der Waals surface area contributed by atoms with E-state index < -0.39 is 0 Å². The molecule has 2 aliphatic carbocycles. The maximum Gasteiger partial charge on any atom is 0.143 e. The Morgan fingerprint density at radius 1 is 1.47 bits per heavy atom. The minimum Gasteiger partial charge on any atom is -0.300 e. The summed E-state index contributed by atoms with van der Waals surface area (Å²) in [5.74, 6) is 0.765. The second-order valence-electron chi connectivity index (χ2n) is 6.13. The second kappa shape index (κ2) is 3.16. The Balaban J connectivity index is 2.33. The molecule has 84 valence electrons. The molecule has 2 saturated carbocycles. The zero-order valence-corrected chi connectivity index (χ0v) is 9.93. The van der Waals surface area contributed by atoms with Crippen LogP contribution < -0.4 is 0 Å². The van der Waals surface area contributed by atoms with Gasteiger partial charge in [-0.15, -0.1) is 0 Å². The lowest BCUT2D eigenvalue weighted by molar-refractivity contribution is -0.136. The molecule has 0 heterocycles. The van der Waals surface area contributed by atoms with Gasteiger partial charge in [-0.2, -0.15) is 0 Å². The summed E-state index contributed by atoms with van der Waals surface area (Å²) < 4.78 is 0. The fraction of sp³-hybridized carbons (Fsp3) is 0.846. The van der Waals surface area contributed by atoms with Crippen LogP contribution in [0.4, 0.5) is 0 Å². The summed E-state index contributed by atoms with van der Waals surface area (Å²) in [7, 11) is 0. The fourth-order valence-electron chi connectivity index (χ4n) is 3.90. The van der Waals surface area contributed by atoms with E-state index in [2.05, 4.69) is 13.8 Å². The molecule has 0 spiro atoms. The molecular weight excluding hydrogens is 188 g/mol. The van der Waals surface area contributed by atoms with E-state index in [1.54, 1.807) is 6.92 Å². The highest BCUT2D eigenvalue weighted by Crippen LogP contribution is 2.59. The number of hydrogen-bond donors (Lipinski definition) is 0. The number of hydrogen-bond acceptors (Lipinski definition) is 2. The Labute approximate surface area is 91.4 Å². The van der Waals surface area contributed by atoms with Gasteiger partial charge in [-0.3, -0.25) is 9.59 Å². The first-order chi connectivity index (χ1) is 6.87. The third-order valence-corrected chi connectivity index (χ3v) is 4.31. The van der Waals surface area contributed by atoms with Crippen molar-refractivity contribution in [1.82, 2.24) is 0 Å². The maximum absolute atomic E-state index is 12.3. The third-order valence-electron chi connectivity index (χ3n) is 4.31. The van der Waals surface area contributed by atoms with Crippen LogP contribution in [0.25, 0.3) is 0 Å². The van der Waals surface area contributed by atoms with E-state index in [4.69, 9.17) is 0 Å². The molecule has 0 aliphatic heterocycles. The number of carbonyl (C=O) groups excluding carboxylic acids is 2. The van der Waals surface area contributed by atoms with Crippen molar-refractivity contribution in [2.75, 3.05) is 0 Å². The number of rotatable bonds is 2. The zero-order valence-electron chi connectivity index (χ0n) is 9.93. The molecule has 0 aromatic carbocycles. The lowest BCUT2D eigenvalue weighted by Crippen LogP contribution is -2.34. The molecule has 0 aromatic heterocycles. The van der Waals surface area contributed by atoms with Crippen molar-refractivity contribution in [1.29, 1.82) is 0 Å². The summed E-state index contributed by atoms with van der Waals surface area (Å²) in [6, 6.07) is 0. The van der Waals surface area contributed by atoms with Crippen LogP contribution in [0.15, 0.2) is 0 Å². The topological polar surface area (TPSA) is 34.1 Å². The van der Waals surface area contributed by atoms with Crippen molar-refractivity contribution in [2.45, 2.75) is 52.9 Å². The molecule has 2 fully saturated rings.